The van der Waals surface area contributed by atoms with Gasteiger partial charge < -0.3 is 10.1 Å². The predicted octanol–water partition coefficient (Wildman–Crippen LogP) is 3.69. The molecule has 3 nitrogen and oxygen atoms in total. The van der Waals surface area contributed by atoms with Crippen LogP contribution >= 0.6 is 0 Å². The van der Waals surface area contributed by atoms with Gasteiger partial charge in [0.25, 0.3) is 0 Å². The Balaban J connectivity index is 2.04. The number of benzene rings is 1. The molecule has 1 atom stereocenters. The average Bonchev–Trinajstić information content (AvgIpc) is 2.53. The maximum atomic E-state index is 5.22. The number of pyridine rings is 1. The van der Waals surface area contributed by atoms with Crippen LogP contribution in [0.1, 0.15) is 25.8 Å². The Morgan fingerprint density at radius 2 is 1.90 bits per heavy atom. The highest BCUT2D eigenvalue weighted by Gasteiger charge is 2.04. The molecular weight excluding hydrogens is 260 g/mol. The normalized spacial score (nSPS) is 12.1. The Kier molecular flexibility index (Phi) is 5.76. The van der Waals surface area contributed by atoms with Crippen molar-refractivity contribution in [1.29, 1.82) is 0 Å². The molecule has 0 saturated carbocycles. The molecule has 1 aromatic heterocycles. The van der Waals surface area contributed by atoms with Crippen LogP contribution in [0.5, 0.6) is 5.75 Å². The number of nitrogens with zero attached hydrogens (tertiary/aromatic N) is 1. The van der Waals surface area contributed by atoms with Gasteiger partial charge in [0.05, 0.1) is 13.3 Å². The third-order valence-corrected chi connectivity index (χ3v) is 3.52. The van der Waals surface area contributed by atoms with Gasteiger partial charge in [0, 0.05) is 17.8 Å². The molecule has 0 aliphatic rings. The van der Waals surface area contributed by atoms with Crippen molar-refractivity contribution in [3.05, 3.63) is 48.3 Å². The summed E-state index contributed by atoms with van der Waals surface area (Å²) < 4.78 is 5.22. The Labute approximate surface area is 127 Å². The van der Waals surface area contributed by atoms with Crippen LogP contribution in [0, 0.1) is 0 Å². The molecule has 1 heterocycles. The zero-order valence-electron chi connectivity index (χ0n) is 13.1. The van der Waals surface area contributed by atoms with E-state index in [-0.39, 0.29) is 0 Å². The van der Waals surface area contributed by atoms with E-state index in [0.717, 1.165) is 24.3 Å². The first-order valence-corrected chi connectivity index (χ1v) is 7.54. The Hall–Kier alpha value is -1.87. The minimum Gasteiger partial charge on any atom is -0.495 e. The zero-order valence-corrected chi connectivity index (χ0v) is 13.1. The second kappa shape index (κ2) is 7.79. The summed E-state index contributed by atoms with van der Waals surface area (Å²) in [5.41, 5.74) is 3.60. The van der Waals surface area contributed by atoms with E-state index in [9.17, 15) is 0 Å². The van der Waals surface area contributed by atoms with E-state index in [0.29, 0.717) is 6.04 Å². The summed E-state index contributed by atoms with van der Waals surface area (Å²) in [7, 11) is 1.66. The van der Waals surface area contributed by atoms with Crippen molar-refractivity contribution >= 4 is 0 Å². The number of rotatable bonds is 7. The monoisotopic (exact) mass is 284 g/mol. The Morgan fingerprint density at radius 1 is 1.14 bits per heavy atom. The summed E-state index contributed by atoms with van der Waals surface area (Å²) in [6, 6.07) is 11.2. The van der Waals surface area contributed by atoms with Gasteiger partial charge in [0.2, 0.25) is 0 Å². The highest BCUT2D eigenvalue weighted by molar-refractivity contribution is 5.64. The van der Waals surface area contributed by atoms with Gasteiger partial charge in [-0.25, -0.2) is 0 Å². The fraction of sp³-hybridized carbons (Fsp3) is 0.389. The second-order valence-electron chi connectivity index (χ2n) is 5.37. The molecule has 112 valence electrons. The average molecular weight is 284 g/mol. The van der Waals surface area contributed by atoms with Crippen molar-refractivity contribution in [2.75, 3.05) is 13.7 Å². The summed E-state index contributed by atoms with van der Waals surface area (Å²) in [6.45, 7) is 5.50. The summed E-state index contributed by atoms with van der Waals surface area (Å²) in [5, 5.41) is 3.52. The van der Waals surface area contributed by atoms with Crippen LogP contribution < -0.4 is 10.1 Å². The van der Waals surface area contributed by atoms with Crippen molar-refractivity contribution in [1.82, 2.24) is 10.3 Å². The van der Waals surface area contributed by atoms with Crippen LogP contribution in [-0.2, 0) is 6.42 Å². The first kappa shape index (κ1) is 15.5. The SMILES string of the molecule is CCCNC(C)Cc1ccc(-c2cncc(OC)c2)cc1. The fourth-order valence-electron chi connectivity index (χ4n) is 2.34. The minimum atomic E-state index is 0.509. The van der Waals surface area contributed by atoms with E-state index in [4.69, 9.17) is 4.74 Å². The van der Waals surface area contributed by atoms with Crippen LogP contribution in [0.25, 0.3) is 11.1 Å². The summed E-state index contributed by atoms with van der Waals surface area (Å²) in [6.07, 6.45) is 5.81. The molecule has 0 radical (unpaired) electrons. The smallest absolute Gasteiger partial charge is 0.137 e. The van der Waals surface area contributed by atoms with Crippen molar-refractivity contribution in [3.8, 4) is 16.9 Å². The first-order chi connectivity index (χ1) is 10.2. The molecule has 21 heavy (non-hydrogen) atoms. The summed E-state index contributed by atoms with van der Waals surface area (Å²) in [4.78, 5) is 4.20. The molecule has 1 unspecified atom stereocenters. The van der Waals surface area contributed by atoms with Gasteiger partial charge in [-0.1, -0.05) is 31.2 Å². The van der Waals surface area contributed by atoms with Gasteiger partial charge in [0.1, 0.15) is 5.75 Å². The zero-order chi connectivity index (χ0) is 15.1. The van der Waals surface area contributed by atoms with E-state index >= 15 is 0 Å². The first-order valence-electron chi connectivity index (χ1n) is 7.54. The van der Waals surface area contributed by atoms with Crippen molar-refractivity contribution in [2.45, 2.75) is 32.7 Å². The third kappa shape index (κ3) is 4.57. The number of hydrogen-bond acceptors (Lipinski definition) is 3. The van der Waals surface area contributed by atoms with E-state index in [1.807, 2.05) is 12.3 Å². The lowest BCUT2D eigenvalue weighted by Crippen LogP contribution is -2.28. The molecule has 0 aliphatic carbocycles. The fourth-order valence-corrected chi connectivity index (χ4v) is 2.34. The quantitative estimate of drug-likeness (QED) is 0.842. The molecule has 1 N–H and O–H groups in total. The number of nitrogens with one attached hydrogen (secondary N) is 1. The highest BCUT2D eigenvalue weighted by atomic mass is 16.5. The molecule has 2 rings (SSSR count). The van der Waals surface area contributed by atoms with E-state index in [1.54, 1.807) is 13.3 Å². The summed E-state index contributed by atoms with van der Waals surface area (Å²) in [5.74, 6) is 0.786. The van der Waals surface area contributed by atoms with Gasteiger partial charge in [-0.3, -0.25) is 4.98 Å². The Bertz CT molecular complexity index is 551. The topological polar surface area (TPSA) is 34.2 Å². The maximum absolute atomic E-state index is 5.22. The van der Waals surface area contributed by atoms with Gasteiger partial charge in [-0.15, -0.1) is 0 Å². The van der Waals surface area contributed by atoms with Crippen molar-refractivity contribution in [2.24, 2.45) is 0 Å². The molecule has 0 bridgehead atoms. The standard InChI is InChI=1S/C18H24N2O/c1-4-9-20-14(2)10-15-5-7-16(8-6-15)17-11-18(21-3)13-19-12-17/h5-8,11-14,20H,4,9-10H2,1-3H3. The van der Waals surface area contributed by atoms with Crippen LogP contribution in [-0.4, -0.2) is 24.7 Å². The molecule has 0 spiro atoms. The number of methoxy groups -OCH3 is 1. The third-order valence-electron chi connectivity index (χ3n) is 3.52. The molecule has 3 heteroatoms. The number of ether oxygens (including phenoxy) is 1. The van der Waals surface area contributed by atoms with E-state index in [1.165, 1.54) is 17.5 Å². The van der Waals surface area contributed by atoms with Gasteiger partial charge in [-0.05, 0) is 43.5 Å². The lowest BCUT2D eigenvalue weighted by atomic mass is 10.0. The lowest BCUT2D eigenvalue weighted by Gasteiger charge is -2.13. The highest BCUT2D eigenvalue weighted by Crippen LogP contribution is 2.23. The van der Waals surface area contributed by atoms with E-state index < -0.39 is 0 Å². The second-order valence-corrected chi connectivity index (χ2v) is 5.37. The predicted molar refractivity (Wildman–Crippen MR) is 87.7 cm³/mol. The van der Waals surface area contributed by atoms with Crippen molar-refractivity contribution in [3.63, 3.8) is 0 Å². The van der Waals surface area contributed by atoms with E-state index in [2.05, 4.69) is 48.4 Å². The van der Waals surface area contributed by atoms with Crippen molar-refractivity contribution < 1.29 is 4.74 Å². The molecule has 0 amide bonds. The summed E-state index contributed by atoms with van der Waals surface area (Å²) >= 11 is 0. The number of hydrogen-bond donors (Lipinski definition) is 1. The molecule has 2 aromatic rings. The van der Waals surface area contributed by atoms with Gasteiger partial charge in [0.15, 0.2) is 0 Å². The lowest BCUT2D eigenvalue weighted by molar-refractivity contribution is 0.413. The minimum absolute atomic E-state index is 0.509. The number of aromatic nitrogens is 1. The largest absolute Gasteiger partial charge is 0.495 e. The van der Waals surface area contributed by atoms with Crippen LogP contribution in [0.3, 0.4) is 0 Å². The Morgan fingerprint density at radius 3 is 2.57 bits per heavy atom. The van der Waals surface area contributed by atoms with Gasteiger partial charge in [-0.2, -0.15) is 0 Å². The van der Waals surface area contributed by atoms with Gasteiger partial charge >= 0.3 is 0 Å². The molecular formula is C18H24N2O. The molecule has 1 aromatic carbocycles. The van der Waals surface area contributed by atoms with Crippen LogP contribution in [0.2, 0.25) is 0 Å². The molecule has 0 aliphatic heterocycles. The van der Waals surface area contributed by atoms with Crippen LogP contribution in [0.15, 0.2) is 42.7 Å². The maximum Gasteiger partial charge on any atom is 0.137 e. The molecule has 0 saturated heterocycles. The molecule has 0 fully saturated rings. The van der Waals surface area contributed by atoms with Crippen LogP contribution in [0.4, 0.5) is 0 Å².